The molecule has 0 saturated carbocycles. The third-order valence-corrected chi connectivity index (χ3v) is 6.31. The predicted molar refractivity (Wildman–Crippen MR) is 141 cm³/mol. The van der Waals surface area contributed by atoms with E-state index in [0.29, 0.717) is 18.8 Å². The molecule has 0 bridgehead atoms. The number of fused-ring (bicyclic) bond motifs is 4. The van der Waals surface area contributed by atoms with E-state index in [1.807, 2.05) is 83.4 Å². The van der Waals surface area contributed by atoms with E-state index in [4.69, 9.17) is 14.7 Å². The maximum absolute atomic E-state index is 11.4. The number of aromatic nitrogens is 1. The molecule has 0 spiro atoms. The van der Waals surface area contributed by atoms with Crippen LogP contribution in [0.5, 0.6) is 11.5 Å². The first kappa shape index (κ1) is 23.3. The zero-order chi connectivity index (χ0) is 24.9. The maximum Gasteiger partial charge on any atom is 0.323 e. The molecule has 6 nitrogen and oxygen atoms in total. The summed E-state index contributed by atoms with van der Waals surface area (Å²) in [5, 5.41) is 22.6. The summed E-state index contributed by atoms with van der Waals surface area (Å²) in [6, 6.07) is 27.4. The highest BCUT2D eigenvalue weighted by Crippen LogP contribution is 2.31. The van der Waals surface area contributed by atoms with Crippen molar-refractivity contribution in [2.45, 2.75) is 25.8 Å². The van der Waals surface area contributed by atoms with Gasteiger partial charge in [-0.2, -0.15) is 5.26 Å². The van der Waals surface area contributed by atoms with Gasteiger partial charge in [-0.1, -0.05) is 30.3 Å². The summed E-state index contributed by atoms with van der Waals surface area (Å²) in [7, 11) is 0. The quantitative estimate of drug-likeness (QED) is 0.231. The molecule has 0 saturated heterocycles. The van der Waals surface area contributed by atoms with Crippen LogP contribution in [-0.4, -0.2) is 28.9 Å². The van der Waals surface area contributed by atoms with Crippen LogP contribution in [0.25, 0.3) is 32.6 Å². The summed E-state index contributed by atoms with van der Waals surface area (Å²) in [5.41, 5.74) is 2.43. The van der Waals surface area contributed by atoms with E-state index in [9.17, 15) is 9.90 Å². The minimum Gasteiger partial charge on any atom is -0.494 e. The number of carboxylic acids is 1. The molecular formula is C30H26N2O4. The van der Waals surface area contributed by atoms with Crippen LogP contribution in [0.1, 0.15) is 24.8 Å². The Morgan fingerprint density at radius 3 is 2.22 bits per heavy atom. The number of nitrogens with zero attached hydrogens (tertiary/aromatic N) is 2. The van der Waals surface area contributed by atoms with Gasteiger partial charge in [0.1, 0.15) is 18.0 Å². The Morgan fingerprint density at radius 2 is 1.44 bits per heavy atom. The normalized spacial score (nSPS) is 11.1. The molecule has 0 unspecified atom stereocenters. The highest BCUT2D eigenvalue weighted by Gasteiger charge is 2.13. The Bertz CT molecular complexity index is 1600. The third-order valence-electron chi connectivity index (χ3n) is 6.31. The molecule has 4 aromatic carbocycles. The van der Waals surface area contributed by atoms with Crippen molar-refractivity contribution in [3.8, 4) is 17.6 Å². The van der Waals surface area contributed by atoms with Crippen LogP contribution in [0.15, 0.2) is 78.9 Å². The van der Waals surface area contributed by atoms with Crippen LogP contribution in [0, 0.1) is 11.3 Å². The fraction of sp³-hybridized carbons (Fsp3) is 0.200. The van der Waals surface area contributed by atoms with Gasteiger partial charge in [-0.05, 0) is 72.5 Å². The molecule has 0 aliphatic rings. The number of carbonyl (C=O) groups is 1. The van der Waals surface area contributed by atoms with Crippen molar-refractivity contribution in [2.24, 2.45) is 0 Å². The third kappa shape index (κ3) is 4.96. The van der Waals surface area contributed by atoms with Gasteiger partial charge in [-0.3, -0.25) is 4.79 Å². The number of rotatable bonds is 10. The van der Waals surface area contributed by atoms with E-state index in [1.54, 1.807) is 0 Å². The van der Waals surface area contributed by atoms with Gasteiger partial charge in [0, 0.05) is 22.4 Å². The molecular weight excluding hydrogens is 452 g/mol. The topological polar surface area (TPSA) is 84.5 Å². The molecule has 0 fully saturated rings. The van der Waals surface area contributed by atoms with Crippen LogP contribution in [0.3, 0.4) is 0 Å². The van der Waals surface area contributed by atoms with E-state index in [0.717, 1.165) is 63.3 Å². The Labute approximate surface area is 208 Å². The molecule has 0 radical (unpaired) electrons. The number of hydrogen-bond donors (Lipinski definition) is 1. The van der Waals surface area contributed by atoms with E-state index in [2.05, 4.69) is 6.07 Å². The minimum atomic E-state index is -0.872. The number of aliphatic carboxylic acids is 1. The fourth-order valence-corrected chi connectivity index (χ4v) is 4.57. The molecule has 0 aliphatic heterocycles. The first-order chi connectivity index (χ1) is 17.6. The molecule has 36 heavy (non-hydrogen) atoms. The lowest BCUT2D eigenvalue weighted by atomic mass is 10.1. The van der Waals surface area contributed by atoms with Crippen LogP contribution in [-0.2, 0) is 11.3 Å². The zero-order valence-corrected chi connectivity index (χ0v) is 19.8. The van der Waals surface area contributed by atoms with Crippen molar-refractivity contribution >= 4 is 38.5 Å². The van der Waals surface area contributed by atoms with Crippen LogP contribution >= 0.6 is 0 Å². The molecule has 0 amide bonds. The summed E-state index contributed by atoms with van der Waals surface area (Å²) in [4.78, 5) is 11.4. The van der Waals surface area contributed by atoms with E-state index in [1.165, 1.54) is 0 Å². The van der Waals surface area contributed by atoms with Crippen molar-refractivity contribution in [3.63, 3.8) is 0 Å². The second kappa shape index (κ2) is 10.4. The Balaban J connectivity index is 1.12. The fourth-order valence-electron chi connectivity index (χ4n) is 4.57. The van der Waals surface area contributed by atoms with Crippen molar-refractivity contribution in [3.05, 3.63) is 84.4 Å². The smallest absolute Gasteiger partial charge is 0.323 e. The molecule has 1 aromatic heterocycles. The number of carboxylic acid groups (broad SMARTS) is 1. The molecule has 5 rings (SSSR count). The number of ether oxygens (including phenoxy) is 2. The number of para-hydroxylation sites is 1. The first-order valence-electron chi connectivity index (χ1n) is 12.0. The monoisotopic (exact) mass is 478 g/mol. The summed E-state index contributed by atoms with van der Waals surface area (Å²) in [6.45, 7) is 1.12. The molecule has 0 atom stereocenters. The van der Waals surface area contributed by atoms with Gasteiger partial charge in [0.15, 0.2) is 0 Å². The number of benzene rings is 4. The average Bonchev–Trinajstić information content (AvgIpc) is 3.20. The molecule has 1 N–H and O–H groups in total. The second-order valence-electron chi connectivity index (χ2n) is 8.77. The van der Waals surface area contributed by atoms with Gasteiger partial charge in [-0.25, -0.2) is 0 Å². The Morgan fingerprint density at radius 1 is 0.778 bits per heavy atom. The Hall–Kier alpha value is -4.50. The Kier molecular flexibility index (Phi) is 6.72. The SMILES string of the molecule is N#Cc1ccc2cc(OCCCCCOc3ccc4c5ccccc5n(CC(=O)O)c4c3)ccc2c1. The van der Waals surface area contributed by atoms with E-state index in [-0.39, 0.29) is 6.54 Å². The molecule has 180 valence electrons. The van der Waals surface area contributed by atoms with Crippen LogP contribution in [0.4, 0.5) is 0 Å². The summed E-state index contributed by atoms with van der Waals surface area (Å²) >= 11 is 0. The van der Waals surface area contributed by atoms with Gasteiger partial charge in [0.2, 0.25) is 0 Å². The van der Waals surface area contributed by atoms with Gasteiger partial charge in [-0.15, -0.1) is 0 Å². The summed E-state index contributed by atoms with van der Waals surface area (Å²) in [6.07, 6.45) is 2.79. The summed E-state index contributed by atoms with van der Waals surface area (Å²) in [5.74, 6) is 0.695. The summed E-state index contributed by atoms with van der Waals surface area (Å²) < 4.78 is 13.7. The van der Waals surface area contributed by atoms with Gasteiger partial charge < -0.3 is 19.1 Å². The molecule has 0 aliphatic carbocycles. The zero-order valence-electron chi connectivity index (χ0n) is 19.8. The maximum atomic E-state index is 11.4. The molecule has 1 heterocycles. The number of hydrogen-bond acceptors (Lipinski definition) is 4. The second-order valence-corrected chi connectivity index (χ2v) is 8.77. The number of unbranched alkanes of at least 4 members (excludes halogenated alkanes) is 2. The standard InChI is InChI=1S/C30H26N2O4/c31-19-21-8-9-23-17-24(11-10-22(23)16-21)35-14-4-1-5-15-36-25-12-13-27-26-6-2-3-7-28(26)32(20-30(33)34)29(27)18-25/h2-3,6-13,16-18H,1,4-5,14-15,20H2,(H,33,34). The minimum absolute atomic E-state index is 0.0917. The van der Waals surface area contributed by atoms with Crippen molar-refractivity contribution in [2.75, 3.05) is 13.2 Å². The molecule has 5 aromatic rings. The number of nitriles is 1. The average molecular weight is 479 g/mol. The van der Waals surface area contributed by atoms with Crippen molar-refractivity contribution in [1.82, 2.24) is 4.57 Å². The first-order valence-corrected chi connectivity index (χ1v) is 12.0. The highest BCUT2D eigenvalue weighted by molar-refractivity contribution is 6.08. The van der Waals surface area contributed by atoms with E-state index >= 15 is 0 Å². The van der Waals surface area contributed by atoms with E-state index < -0.39 is 5.97 Å². The van der Waals surface area contributed by atoms with Gasteiger partial charge >= 0.3 is 5.97 Å². The van der Waals surface area contributed by atoms with Crippen LogP contribution in [0.2, 0.25) is 0 Å². The van der Waals surface area contributed by atoms with Crippen LogP contribution < -0.4 is 9.47 Å². The van der Waals surface area contributed by atoms with Gasteiger partial charge in [0.25, 0.3) is 0 Å². The lowest BCUT2D eigenvalue weighted by molar-refractivity contribution is -0.137. The van der Waals surface area contributed by atoms with Gasteiger partial charge in [0.05, 0.1) is 30.4 Å². The molecule has 6 heteroatoms. The van der Waals surface area contributed by atoms with Crippen molar-refractivity contribution in [1.29, 1.82) is 5.26 Å². The highest BCUT2D eigenvalue weighted by atomic mass is 16.5. The lowest BCUT2D eigenvalue weighted by Crippen LogP contribution is -2.08. The lowest BCUT2D eigenvalue weighted by Gasteiger charge is -2.09. The largest absolute Gasteiger partial charge is 0.494 e. The van der Waals surface area contributed by atoms with Crippen molar-refractivity contribution < 1.29 is 19.4 Å². The predicted octanol–water partition coefficient (Wildman–Crippen LogP) is 6.53.